The predicted molar refractivity (Wildman–Crippen MR) is 41.0 cm³/mol. The second-order valence-electron chi connectivity index (χ2n) is 2.33. The average Bonchev–Trinajstić information content (AvgIpc) is 2.02. The summed E-state index contributed by atoms with van der Waals surface area (Å²) in [6.45, 7) is -0.428. The van der Waals surface area contributed by atoms with Crippen LogP contribution in [-0.2, 0) is 4.79 Å². The first-order valence-corrected chi connectivity index (χ1v) is 3.46. The molecule has 0 fully saturated rings. The van der Waals surface area contributed by atoms with Crippen molar-refractivity contribution in [2.45, 2.75) is 0 Å². The molecule has 0 saturated heterocycles. The summed E-state index contributed by atoms with van der Waals surface area (Å²) in [6.07, 6.45) is 0. The molecule has 5 heteroatoms. The van der Waals surface area contributed by atoms with Crippen molar-refractivity contribution in [1.82, 2.24) is 0 Å². The molecule has 70 valence electrons. The van der Waals surface area contributed by atoms with Gasteiger partial charge in [-0.15, -0.1) is 0 Å². The Labute approximate surface area is 73.1 Å². The lowest BCUT2D eigenvalue weighted by Gasteiger charge is -2.03. The van der Waals surface area contributed by atoms with Crippen LogP contribution in [-0.4, -0.2) is 12.5 Å². The molecule has 0 unspecified atom stereocenters. The molecule has 0 saturated carbocycles. The molecule has 0 spiro atoms. The van der Waals surface area contributed by atoms with Gasteiger partial charge in [-0.05, 0) is 12.1 Å². The largest absolute Gasteiger partial charge is 0.481 e. The van der Waals surface area contributed by atoms with Crippen molar-refractivity contribution in [2.75, 3.05) is 6.61 Å². The second kappa shape index (κ2) is 3.84. The number of amides is 1. The summed E-state index contributed by atoms with van der Waals surface area (Å²) in [6, 6.07) is 2.78. The van der Waals surface area contributed by atoms with Crippen LogP contribution in [0.2, 0.25) is 0 Å². The quantitative estimate of drug-likeness (QED) is 0.761. The van der Waals surface area contributed by atoms with Gasteiger partial charge >= 0.3 is 0 Å². The van der Waals surface area contributed by atoms with Gasteiger partial charge in [-0.25, -0.2) is 8.78 Å². The highest BCUT2D eigenvalue weighted by Crippen LogP contribution is 2.16. The number of ether oxygens (including phenoxy) is 1. The lowest BCUT2D eigenvalue weighted by Crippen LogP contribution is -2.20. The van der Waals surface area contributed by atoms with Crippen LogP contribution in [0.1, 0.15) is 0 Å². The van der Waals surface area contributed by atoms with E-state index in [1.165, 1.54) is 0 Å². The molecule has 1 rings (SSSR count). The first-order chi connectivity index (χ1) is 6.09. The Balaban J connectivity index is 2.72. The van der Waals surface area contributed by atoms with E-state index in [0.717, 1.165) is 12.1 Å². The highest BCUT2D eigenvalue weighted by Gasteiger charge is 2.05. The number of benzene rings is 1. The van der Waals surface area contributed by atoms with E-state index in [2.05, 4.69) is 4.74 Å². The summed E-state index contributed by atoms with van der Waals surface area (Å²) in [7, 11) is 0. The molecule has 0 atom stereocenters. The van der Waals surface area contributed by atoms with Crippen LogP contribution in [0.3, 0.4) is 0 Å². The predicted octanol–water partition coefficient (Wildman–Crippen LogP) is 0.829. The van der Waals surface area contributed by atoms with Crippen LogP contribution >= 0.6 is 0 Å². The second-order valence-corrected chi connectivity index (χ2v) is 2.33. The van der Waals surface area contributed by atoms with Crippen LogP contribution in [0, 0.1) is 11.6 Å². The number of hydrogen-bond donors (Lipinski definition) is 1. The third-order valence-corrected chi connectivity index (χ3v) is 1.26. The number of carbonyl (C=O) groups is 1. The van der Waals surface area contributed by atoms with E-state index in [9.17, 15) is 13.6 Å². The van der Waals surface area contributed by atoms with E-state index in [4.69, 9.17) is 5.73 Å². The molecule has 0 heterocycles. The maximum atomic E-state index is 12.8. The summed E-state index contributed by atoms with van der Waals surface area (Å²) in [5.74, 6) is -2.48. The molecule has 0 aliphatic heterocycles. The number of rotatable bonds is 3. The van der Waals surface area contributed by atoms with Crippen LogP contribution in [0.25, 0.3) is 0 Å². The summed E-state index contributed by atoms with van der Waals surface area (Å²) >= 11 is 0. The first-order valence-electron chi connectivity index (χ1n) is 3.46. The standard InChI is InChI=1S/C8H7F2NO2/c9-5-1-2-7(6(10)3-5)13-4-8(11)12/h1-3H,4H2,(H2,11,12). The molecular formula is C8H7F2NO2. The minimum absolute atomic E-state index is 0.194. The monoisotopic (exact) mass is 187 g/mol. The van der Waals surface area contributed by atoms with E-state index >= 15 is 0 Å². The molecule has 1 aromatic carbocycles. The molecule has 2 N–H and O–H groups in total. The zero-order chi connectivity index (χ0) is 9.84. The molecule has 1 aromatic rings. The smallest absolute Gasteiger partial charge is 0.255 e. The van der Waals surface area contributed by atoms with Gasteiger partial charge in [0.25, 0.3) is 5.91 Å². The van der Waals surface area contributed by atoms with Crippen molar-refractivity contribution in [3.63, 3.8) is 0 Å². The highest BCUT2D eigenvalue weighted by molar-refractivity contribution is 5.75. The van der Waals surface area contributed by atoms with Crippen LogP contribution < -0.4 is 10.5 Å². The number of primary amides is 1. The maximum Gasteiger partial charge on any atom is 0.255 e. The topological polar surface area (TPSA) is 52.3 Å². The van der Waals surface area contributed by atoms with E-state index in [0.29, 0.717) is 6.07 Å². The minimum atomic E-state index is -0.860. The van der Waals surface area contributed by atoms with Gasteiger partial charge in [0.05, 0.1) is 0 Å². The Morgan fingerprint density at radius 2 is 2.15 bits per heavy atom. The van der Waals surface area contributed by atoms with Gasteiger partial charge in [0, 0.05) is 6.07 Å². The van der Waals surface area contributed by atoms with Crippen LogP contribution in [0.15, 0.2) is 18.2 Å². The highest BCUT2D eigenvalue weighted by atomic mass is 19.1. The van der Waals surface area contributed by atoms with Crippen molar-refractivity contribution >= 4 is 5.91 Å². The van der Waals surface area contributed by atoms with E-state index in [-0.39, 0.29) is 5.75 Å². The summed E-state index contributed by atoms with van der Waals surface area (Å²) in [5.41, 5.74) is 4.76. The Morgan fingerprint density at radius 1 is 1.46 bits per heavy atom. The summed E-state index contributed by atoms with van der Waals surface area (Å²) in [5, 5.41) is 0. The molecule has 0 aliphatic rings. The van der Waals surface area contributed by atoms with Gasteiger partial charge in [0.2, 0.25) is 0 Å². The number of hydrogen-bond acceptors (Lipinski definition) is 2. The Bertz CT molecular complexity index is 328. The van der Waals surface area contributed by atoms with Crippen LogP contribution in [0.4, 0.5) is 8.78 Å². The molecule has 13 heavy (non-hydrogen) atoms. The fourth-order valence-corrected chi connectivity index (χ4v) is 0.741. The first kappa shape index (κ1) is 9.44. The maximum absolute atomic E-state index is 12.8. The normalized spacial score (nSPS) is 9.69. The molecule has 0 aromatic heterocycles. The minimum Gasteiger partial charge on any atom is -0.481 e. The molecule has 3 nitrogen and oxygen atoms in total. The molecule has 1 amide bonds. The molecule has 0 aliphatic carbocycles. The number of nitrogens with two attached hydrogens (primary N) is 1. The van der Waals surface area contributed by atoms with Crippen molar-refractivity contribution in [3.05, 3.63) is 29.8 Å². The molecule has 0 bridgehead atoms. The lowest BCUT2D eigenvalue weighted by atomic mass is 10.3. The SMILES string of the molecule is NC(=O)COc1ccc(F)cc1F. The van der Waals surface area contributed by atoms with Crippen molar-refractivity contribution < 1.29 is 18.3 Å². The number of carbonyl (C=O) groups excluding carboxylic acids is 1. The van der Waals surface area contributed by atoms with E-state index < -0.39 is 24.1 Å². The number of halogens is 2. The van der Waals surface area contributed by atoms with Gasteiger partial charge in [0.1, 0.15) is 5.82 Å². The summed E-state index contributed by atoms with van der Waals surface area (Å²) < 4.78 is 29.8. The van der Waals surface area contributed by atoms with E-state index in [1.54, 1.807) is 0 Å². The Kier molecular flexibility index (Phi) is 2.79. The van der Waals surface area contributed by atoms with E-state index in [1.807, 2.05) is 0 Å². The summed E-state index contributed by atoms with van der Waals surface area (Å²) in [4.78, 5) is 10.3. The fraction of sp³-hybridized carbons (Fsp3) is 0.125. The Hall–Kier alpha value is -1.65. The average molecular weight is 187 g/mol. The van der Waals surface area contributed by atoms with Gasteiger partial charge < -0.3 is 10.5 Å². The van der Waals surface area contributed by atoms with Crippen molar-refractivity contribution in [1.29, 1.82) is 0 Å². The fourth-order valence-electron chi connectivity index (χ4n) is 0.741. The third-order valence-electron chi connectivity index (χ3n) is 1.26. The van der Waals surface area contributed by atoms with Gasteiger partial charge in [-0.2, -0.15) is 0 Å². The zero-order valence-electron chi connectivity index (χ0n) is 6.59. The van der Waals surface area contributed by atoms with Gasteiger partial charge in [-0.3, -0.25) is 4.79 Å². The Morgan fingerprint density at radius 3 is 2.69 bits per heavy atom. The zero-order valence-corrected chi connectivity index (χ0v) is 6.59. The third kappa shape index (κ3) is 2.70. The lowest BCUT2D eigenvalue weighted by molar-refractivity contribution is -0.120. The molecular weight excluding hydrogens is 180 g/mol. The van der Waals surface area contributed by atoms with Crippen LogP contribution in [0.5, 0.6) is 5.75 Å². The van der Waals surface area contributed by atoms with Crippen molar-refractivity contribution in [3.8, 4) is 5.75 Å². The molecule has 0 radical (unpaired) electrons. The van der Waals surface area contributed by atoms with Gasteiger partial charge in [0.15, 0.2) is 18.2 Å². The van der Waals surface area contributed by atoms with Gasteiger partial charge in [-0.1, -0.05) is 0 Å². The van der Waals surface area contributed by atoms with Crippen molar-refractivity contribution in [2.24, 2.45) is 5.73 Å².